The summed E-state index contributed by atoms with van der Waals surface area (Å²) in [5.41, 5.74) is 2.81. The number of hydrogen-bond donors (Lipinski definition) is 1. The summed E-state index contributed by atoms with van der Waals surface area (Å²) < 4.78 is 7.24. The van der Waals surface area contributed by atoms with Crippen LogP contribution in [0.1, 0.15) is 38.4 Å². The highest BCUT2D eigenvalue weighted by Gasteiger charge is 2.27. The Balaban J connectivity index is 1.56. The van der Waals surface area contributed by atoms with E-state index >= 15 is 0 Å². The number of fused-ring (bicyclic) bond motifs is 3. The molecule has 24 heavy (non-hydrogen) atoms. The second-order valence-corrected chi connectivity index (χ2v) is 6.64. The third kappa shape index (κ3) is 2.86. The van der Waals surface area contributed by atoms with E-state index in [9.17, 15) is 4.79 Å². The first kappa shape index (κ1) is 15.4. The maximum Gasteiger partial charge on any atom is 0.411 e. The van der Waals surface area contributed by atoms with Crippen LogP contribution in [0.2, 0.25) is 0 Å². The van der Waals surface area contributed by atoms with Crippen molar-refractivity contribution < 1.29 is 9.53 Å². The van der Waals surface area contributed by atoms with E-state index in [4.69, 9.17) is 9.72 Å². The molecule has 1 aliphatic carbocycles. The monoisotopic (exact) mass is 328 g/mol. The van der Waals surface area contributed by atoms with Gasteiger partial charge in [0.25, 0.3) is 0 Å². The van der Waals surface area contributed by atoms with Gasteiger partial charge in [0.15, 0.2) is 0 Å². The third-order valence-corrected chi connectivity index (χ3v) is 5.15. The number of nitrogens with zero attached hydrogens (tertiary/aromatic N) is 3. The second-order valence-electron chi connectivity index (χ2n) is 6.64. The predicted octanol–water partition coefficient (Wildman–Crippen LogP) is 3.36. The third-order valence-electron chi connectivity index (χ3n) is 5.15. The van der Waals surface area contributed by atoms with Crippen molar-refractivity contribution in [1.29, 1.82) is 0 Å². The second kappa shape index (κ2) is 6.43. The van der Waals surface area contributed by atoms with Crippen molar-refractivity contribution in [3.8, 4) is 0 Å². The molecule has 1 saturated carbocycles. The number of anilines is 1. The van der Waals surface area contributed by atoms with Crippen LogP contribution < -0.4 is 5.32 Å². The van der Waals surface area contributed by atoms with Crippen molar-refractivity contribution in [2.45, 2.75) is 51.7 Å². The molecule has 2 aliphatic rings. The van der Waals surface area contributed by atoms with Crippen molar-refractivity contribution >= 4 is 22.8 Å². The minimum atomic E-state index is -0.423. The van der Waals surface area contributed by atoms with Crippen LogP contribution in [-0.4, -0.2) is 39.7 Å². The first-order valence-electron chi connectivity index (χ1n) is 8.91. The van der Waals surface area contributed by atoms with E-state index in [0.29, 0.717) is 6.61 Å². The van der Waals surface area contributed by atoms with Gasteiger partial charge in [-0.05, 0) is 38.0 Å². The zero-order valence-corrected chi connectivity index (χ0v) is 14.1. The first-order chi connectivity index (χ1) is 11.7. The van der Waals surface area contributed by atoms with Gasteiger partial charge < -0.3 is 9.30 Å². The van der Waals surface area contributed by atoms with Crippen molar-refractivity contribution in [2.75, 3.05) is 18.5 Å². The lowest BCUT2D eigenvalue weighted by Gasteiger charge is -2.32. The van der Waals surface area contributed by atoms with Crippen molar-refractivity contribution in [3.63, 3.8) is 0 Å². The lowest BCUT2D eigenvalue weighted by atomic mass is 10.2. The molecule has 0 spiro atoms. The van der Waals surface area contributed by atoms with Gasteiger partial charge in [0.1, 0.15) is 5.82 Å². The van der Waals surface area contributed by atoms with E-state index in [2.05, 4.69) is 14.8 Å². The van der Waals surface area contributed by atoms with Crippen LogP contribution in [0, 0.1) is 0 Å². The van der Waals surface area contributed by atoms with E-state index < -0.39 is 6.09 Å². The molecule has 0 radical (unpaired) electrons. The number of imidazole rings is 1. The Morgan fingerprint density at radius 2 is 2.17 bits per heavy atom. The fourth-order valence-corrected chi connectivity index (χ4v) is 3.98. The molecule has 0 bridgehead atoms. The number of carbonyl (C=O) groups excluding carboxylic acids is 1. The Hall–Kier alpha value is -2.08. The molecule has 6 nitrogen and oxygen atoms in total. The van der Waals surface area contributed by atoms with Crippen LogP contribution >= 0.6 is 0 Å². The lowest BCUT2D eigenvalue weighted by molar-refractivity contribution is 0.156. The van der Waals surface area contributed by atoms with Gasteiger partial charge in [0.05, 0.1) is 24.2 Å². The van der Waals surface area contributed by atoms with E-state index in [1.807, 2.05) is 18.2 Å². The molecular formula is C18H24N4O2. The number of ether oxygens (including phenoxy) is 1. The molecule has 1 aliphatic heterocycles. The van der Waals surface area contributed by atoms with Gasteiger partial charge in [-0.1, -0.05) is 12.8 Å². The zero-order chi connectivity index (χ0) is 16.5. The summed E-state index contributed by atoms with van der Waals surface area (Å²) >= 11 is 0. The number of rotatable bonds is 3. The normalized spacial score (nSPS) is 18.7. The maximum absolute atomic E-state index is 11.6. The Morgan fingerprint density at radius 3 is 2.96 bits per heavy atom. The Kier molecular flexibility index (Phi) is 4.14. The summed E-state index contributed by atoms with van der Waals surface area (Å²) in [6.45, 7) is 5.19. The molecule has 2 heterocycles. The summed E-state index contributed by atoms with van der Waals surface area (Å²) in [6, 6.07) is 6.62. The van der Waals surface area contributed by atoms with Gasteiger partial charge in [-0.25, -0.2) is 9.78 Å². The average molecular weight is 328 g/mol. The van der Waals surface area contributed by atoms with Gasteiger partial charge in [0.2, 0.25) is 0 Å². The summed E-state index contributed by atoms with van der Waals surface area (Å²) in [5, 5.41) is 2.75. The van der Waals surface area contributed by atoms with Gasteiger partial charge in [-0.15, -0.1) is 0 Å². The highest BCUT2D eigenvalue weighted by atomic mass is 16.5. The Labute approximate surface area is 141 Å². The predicted molar refractivity (Wildman–Crippen MR) is 93.0 cm³/mol. The quantitative estimate of drug-likeness (QED) is 0.938. The molecule has 1 N–H and O–H groups in total. The van der Waals surface area contributed by atoms with E-state index in [0.717, 1.165) is 48.2 Å². The molecule has 0 saturated heterocycles. The van der Waals surface area contributed by atoms with Crippen LogP contribution in [0.5, 0.6) is 0 Å². The summed E-state index contributed by atoms with van der Waals surface area (Å²) in [6.07, 6.45) is 4.95. The molecule has 0 atom stereocenters. The molecule has 0 unspecified atom stereocenters. The van der Waals surface area contributed by atoms with Gasteiger partial charge in [0, 0.05) is 24.8 Å². The fourth-order valence-electron chi connectivity index (χ4n) is 3.98. The van der Waals surface area contributed by atoms with Gasteiger partial charge >= 0.3 is 6.09 Å². The molecule has 1 aromatic carbocycles. The fraction of sp³-hybridized carbons (Fsp3) is 0.556. The maximum atomic E-state index is 11.6. The van der Waals surface area contributed by atoms with E-state index in [1.165, 1.54) is 25.7 Å². The van der Waals surface area contributed by atoms with Crippen LogP contribution in [0.4, 0.5) is 10.5 Å². The molecule has 1 aromatic heterocycles. The highest BCUT2D eigenvalue weighted by Crippen LogP contribution is 2.29. The number of hydrogen-bond acceptors (Lipinski definition) is 4. The molecule has 1 fully saturated rings. The van der Waals surface area contributed by atoms with Crippen LogP contribution in [0.3, 0.4) is 0 Å². The molecule has 128 valence electrons. The molecule has 4 rings (SSSR count). The largest absolute Gasteiger partial charge is 0.450 e. The minimum Gasteiger partial charge on any atom is -0.450 e. The lowest BCUT2D eigenvalue weighted by Crippen LogP contribution is -2.39. The average Bonchev–Trinajstić information content (AvgIpc) is 3.21. The minimum absolute atomic E-state index is 0.365. The first-order valence-corrected chi connectivity index (χ1v) is 8.91. The zero-order valence-electron chi connectivity index (χ0n) is 14.1. The highest BCUT2D eigenvalue weighted by molar-refractivity contribution is 5.89. The number of amides is 1. The van der Waals surface area contributed by atoms with E-state index in [-0.39, 0.29) is 0 Å². The SMILES string of the molecule is CCOC(=O)Nc1ccc2c(c1)nc1n2CCN(C2CCCC2)C1. The smallest absolute Gasteiger partial charge is 0.411 e. The van der Waals surface area contributed by atoms with Gasteiger partial charge in [-0.2, -0.15) is 0 Å². The molecular weight excluding hydrogens is 304 g/mol. The van der Waals surface area contributed by atoms with Crippen molar-refractivity contribution in [1.82, 2.24) is 14.5 Å². The standard InChI is InChI=1S/C18H24N4O2/c1-2-24-18(23)19-13-7-8-16-15(11-13)20-17-12-21(9-10-22(16)17)14-5-3-4-6-14/h7-8,11,14H,2-6,9-10,12H2,1H3,(H,19,23). The molecule has 1 amide bonds. The van der Waals surface area contributed by atoms with Crippen LogP contribution in [0.25, 0.3) is 11.0 Å². The van der Waals surface area contributed by atoms with E-state index in [1.54, 1.807) is 6.92 Å². The van der Waals surface area contributed by atoms with Gasteiger partial charge in [-0.3, -0.25) is 10.2 Å². The van der Waals surface area contributed by atoms with Crippen LogP contribution in [-0.2, 0) is 17.8 Å². The Morgan fingerprint density at radius 1 is 1.33 bits per heavy atom. The number of nitrogens with one attached hydrogen (secondary N) is 1. The van der Waals surface area contributed by atoms with Crippen molar-refractivity contribution in [3.05, 3.63) is 24.0 Å². The number of aromatic nitrogens is 2. The topological polar surface area (TPSA) is 59.4 Å². The number of carbonyl (C=O) groups is 1. The Bertz CT molecular complexity index is 749. The summed E-state index contributed by atoms with van der Waals surface area (Å²) in [5.74, 6) is 1.14. The van der Waals surface area contributed by atoms with Crippen molar-refractivity contribution in [2.24, 2.45) is 0 Å². The van der Waals surface area contributed by atoms with Crippen LogP contribution in [0.15, 0.2) is 18.2 Å². The number of benzene rings is 1. The molecule has 6 heteroatoms. The summed E-state index contributed by atoms with van der Waals surface area (Å²) in [4.78, 5) is 19.0. The summed E-state index contributed by atoms with van der Waals surface area (Å²) in [7, 11) is 0. The molecule has 2 aromatic rings.